The van der Waals surface area contributed by atoms with Crippen molar-refractivity contribution in [2.24, 2.45) is 0 Å². The van der Waals surface area contributed by atoms with E-state index in [-0.39, 0.29) is 18.0 Å². The minimum atomic E-state index is -0.172. The fraction of sp³-hybridized carbons (Fsp3) is 0.233. The van der Waals surface area contributed by atoms with Crippen molar-refractivity contribution in [1.82, 2.24) is 14.9 Å². The fourth-order valence-corrected chi connectivity index (χ4v) is 5.20. The SMILES string of the molecule is CCOc1ccc(-n2cccc2[C@H]2[C@H](c3ccccn3)NC(=S)N2c2ccc(NC(=O)CC)c(C)c2)cc1. The molecule has 194 valence electrons. The van der Waals surface area contributed by atoms with Crippen LogP contribution in [0.5, 0.6) is 5.75 Å². The summed E-state index contributed by atoms with van der Waals surface area (Å²) >= 11 is 5.91. The van der Waals surface area contributed by atoms with E-state index in [1.807, 2.05) is 63.2 Å². The summed E-state index contributed by atoms with van der Waals surface area (Å²) in [7, 11) is 0. The summed E-state index contributed by atoms with van der Waals surface area (Å²) in [4.78, 5) is 18.8. The summed E-state index contributed by atoms with van der Waals surface area (Å²) in [5.41, 5.74) is 5.71. The van der Waals surface area contributed by atoms with Crippen LogP contribution in [0.15, 0.2) is 85.2 Å². The number of hydrogen-bond donors (Lipinski definition) is 2. The Bertz CT molecular complexity index is 1430. The van der Waals surface area contributed by atoms with Crippen molar-refractivity contribution in [1.29, 1.82) is 0 Å². The third kappa shape index (κ3) is 4.99. The summed E-state index contributed by atoms with van der Waals surface area (Å²) in [6.45, 7) is 6.44. The molecule has 1 fully saturated rings. The van der Waals surface area contributed by atoms with E-state index in [1.54, 1.807) is 6.20 Å². The van der Waals surface area contributed by atoms with E-state index in [9.17, 15) is 4.79 Å². The van der Waals surface area contributed by atoms with Crippen molar-refractivity contribution in [3.05, 3.63) is 102 Å². The van der Waals surface area contributed by atoms with Crippen LogP contribution in [-0.2, 0) is 4.79 Å². The van der Waals surface area contributed by atoms with Crippen LogP contribution in [0.25, 0.3) is 5.69 Å². The van der Waals surface area contributed by atoms with Gasteiger partial charge < -0.3 is 24.8 Å². The summed E-state index contributed by atoms with van der Waals surface area (Å²) in [6, 6.07) is 23.9. The van der Waals surface area contributed by atoms with Gasteiger partial charge in [0, 0.05) is 41.6 Å². The average molecular weight is 526 g/mol. The second-order valence-electron chi connectivity index (χ2n) is 9.13. The highest BCUT2D eigenvalue weighted by molar-refractivity contribution is 7.80. The Labute approximate surface area is 228 Å². The van der Waals surface area contributed by atoms with E-state index in [1.165, 1.54) is 0 Å². The molecule has 0 unspecified atom stereocenters. The Balaban J connectivity index is 1.58. The highest BCUT2D eigenvalue weighted by Gasteiger charge is 2.42. The molecule has 5 rings (SSSR count). The lowest BCUT2D eigenvalue weighted by molar-refractivity contribution is -0.115. The maximum atomic E-state index is 12.0. The maximum absolute atomic E-state index is 12.0. The van der Waals surface area contributed by atoms with Crippen LogP contribution in [-0.4, -0.2) is 27.2 Å². The van der Waals surface area contributed by atoms with Crippen LogP contribution in [0.3, 0.4) is 0 Å². The predicted molar refractivity (Wildman–Crippen MR) is 155 cm³/mol. The molecule has 0 bridgehead atoms. The number of benzene rings is 2. The molecule has 1 saturated heterocycles. The first-order valence-corrected chi connectivity index (χ1v) is 13.2. The number of pyridine rings is 1. The Kier molecular flexibility index (Phi) is 7.42. The van der Waals surface area contributed by atoms with E-state index >= 15 is 0 Å². The minimum absolute atomic E-state index is 0.0134. The molecule has 38 heavy (non-hydrogen) atoms. The van der Waals surface area contributed by atoms with Crippen LogP contribution in [0.4, 0.5) is 11.4 Å². The molecule has 4 aromatic rings. The topological polar surface area (TPSA) is 71.4 Å². The lowest BCUT2D eigenvalue weighted by atomic mass is 10.00. The molecule has 8 heteroatoms. The molecule has 0 aliphatic carbocycles. The van der Waals surface area contributed by atoms with Gasteiger partial charge in [0.2, 0.25) is 5.91 Å². The van der Waals surface area contributed by atoms with Gasteiger partial charge in [-0.05, 0) is 98.4 Å². The standard InChI is InChI=1S/C30H31N5O2S/c1-4-27(36)32-24-16-13-22(19-20(24)3)35-29(28(33-30(35)38)25-9-6-7-17-31-25)26-10-8-18-34(26)21-11-14-23(15-12-21)37-5-2/h6-19,28-29H,4-5H2,1-3H3,(H,32,36)(H,33,38)/t28-,29-/m0/s1. The third-order valence-corrected chi connectivity index (χ3v) is 7.01. The van der Waals surface area contributed by atoms with Gasteiger partial charge in [-0.25, -0.2) is 0 Å². The molecule has 1 aliphatic heterocycles. The molecule has 2 aromatic heterocycles. The fourth-order valence-electron chi connectivity index (χ4n) is 4.85. The van der Waals surface area contributed by atoms with Crippen molar-refractivity contribution < 1.29 is 9.53 Å². The quantitative estimate of drug-likeness (QED) is 0.271. The number of carbonyl (C=O) groups is 1. The largest absolute Gasteiger partial charge is 0.494 e. The van der Waals surface area contributed by atoms with Gasteiger partial charge in [0.15, 0.2) is 5.11 Å². The smallest absolute Gasteiger partial charge is 0.224 e. The second kappa shape index (κ2) is 11.1. The molecule has 1 aliphatic rings. The van der Waals surface area contributed by atoms with Gasteiger partial charge in [0.05, 0.1) is 18.3 Å². The molecule has 7 nitrogen and oxygen atoms in total. The van der Waals surface area contributed by atoms with Gasteiger partial charge in [-0.1, -0.05) is 13.0 Å². The molecule has 3 heterocycles. The van der Waals surface area contributed by atoms with Crippen molar-refractivity contribution >= 4 is 34.6 Å². The van der Waals surface area contributed by atoms with Gasteiger partial charge in [0.1, 0.15) is 11.8 Å². The molecule has 0 spiro atoms. The number of ether oxygens (including phenoxy) is 1. The molecule has 0 saturated carbocycles. The first-order valence-electron chi connectivity index (χ1n) is 12.8. The zero-order chi connectivity index (χ0) is 26.6. The molecular formula is C30H31N5O2S. The lowest BCUT2D eigenvalue weighted by Crippen LogP contribution is -2.30. The Hall–Kier alpha value is -4.17. The van der Waals surface area contributed by atoms with Crippen LogP contribution in [0.1, 0.15) is 49.3 Å². The van der Waals surface area contributed by atoms with E-state index in [4.69, 9.17) is 17.0 Å². The number of aromatic nitrogens is 2. The van der Waals surface area contributed by atoms with E-state index in [0.29, 0.717) is 18.1 Å². The molecule has 2 atom stereocenters. The van der Waals surface area contributed by atoms with Crippen molar-refractivity contribution in [2.45, 2.75) is 39.3 Å². The normalized spacial score (nSPS) is 16.8. The van der Waals surface area contributed by atoms with Crippen LogP contribution in [0.2, 0.25) is 0 Å². The first kappa shape index (κ1) is 25.5. The van der Waals surface area contributed by atoms with Crippen molar-refractivity contribution in [3.8, 4) is 11.4 Å². The number of nitrogens with zero attached hydrogens (tertiary/aromatic N) is 3. The number of hydrogen-bond acceptors (Lipinski definition) is 4. The number of carbonyl (C=O) groups excluding carboxylic acids is 1. The second-order valence-corrected chi connectivity index (χ2v) is 9.51. The van der Waals surface area contributed by atoms with Gasteiger partial charge in [-0.2, -0.15) is 0 Å². The molecule has 2 aromatic carbocycles. The van der Waals surface area contributed by atoms with Crippen molar-refractivity contribution in [3.63, 3.8) is 0 Å². The lowest BCUT2D eigenvalue weighted by Gasteiger charge is -2.29. The average Bonchev–Trinajstić information content (AvgIpc) is 3.55. The number of amides is 1. The van der Waals surface area contributed by atoms with E-state index in [0.717, 1.165) is 39.8 Å². The minimum Gasteiger partial charge on any atom is -0.494 e. The van der Waals surface area contributed by atoms with Crippen LogP contribution in [0, 0.1) is 6.92 Å². The highest BCUT2D eigenvalue weighted by atomic mass is 32.1. The van der Waals surface area contributed by atoms with Gasteiger partial charge in [0.25, 0.3) is 0 Å². The van der Waals surface area contributed by atoms with Crippen molar-refractivity contribution in [2.75, 3.05) is 16.8 Å². The maximum Gasteiger partial charge on any atom is 0.224 e. The Morgan fingerprint density at radius 3 is 2.53 bits per heavy atom. The zero-order valence-electron chi connectivity index (χ0n) is 21.7. The Morgan fingerprint density at radius 2 is 1.84 bits per heavy atom. The molecule has 2 N–H and O–H groups in total. The number of nitrogens with one attached hydrogen (secondary N) is 2. The van der Waals surface area contributed by atoms with E-state index in [2.05, 4.69) is 61.6 Å². The molecular weight excluding hydrogens is 494 g/mol. The predicted octanol–water partition coefficient (Wildman–Crippen LogP) is 6.11. The number of thiocarbonyl (C=S) groups is 1. The van der Waals surface area contributed by atoms with Gasteiger partial charge in [-0.3, -0.25) is 9.78 Å². The number of aryl methyl sites for hydroxylation is 1. The first-order chi connectivity index (χ1) is 18.5. The summed E-state index contributed by atoms with van der Waals surface area (Å²) in [6.07, 6.45) is 4.30. The van der Waals surface area contributed by atoms with Crippen LogP contribution >= 0.6 is 12.2 Å². The zero-order valence-corrected chi connectivity index (χ0v) is 22.5. The van der Waals surface area contributed by atoms with Crippen LogP contribution < -0.4 is 20.3 Å². The summed E-state index contributed by atoms with van der Waals surface area (Å²) < 4.78 is 7.83. The van der Waals surface area contributed by atoms with Gasteiger partial charge >= 0.3 is 0 Å². The summed E-state index contributed by atoms with van der Waals surface area (Å²) in [5.74, 6) is 0.827. The Morgan fingerprint density at radius 1 is 1.05 bits per heavy atom. The third-order valence-electron chi connectivity index (χ3n) is 6.69. The molecule has 1 amide bonds. The molecule has 0 radical (unpaired) electrons. The monoisotopic (exact) mass is 525 g/mol. The summed E-state index contributed by atoms with van der Waals surface area (Å²) in [5, 5.41) is 7.13. The van der Waals surface area contributed by atoms with E-state index < -0.39 is 0 Å². The highest BCUT2D eigenvalue weighted by Crippen LogP contribution is 2.43. The number of anilines is 2. The number of rotatable bonds is 8. The van der Waals surface area contributed by atoms with Gasteiger partial charge in [-0.15, -0.1) is 0 Å².